The molecule has 1 fully saturated rings. The average molecular weight is 587 g/mol. The summed E-state index contributed by atoms with van der Waals surface area (Å²) in [5.41, 5.74) is -1.38. The number of aliphatic hydroxyl groups excluding tert-OH is 3. The maximum Gasteiger partial charge on any atom is 0.272 e. The lowest BCUT2D eigenvalue weighted by atomic mass is 9.97. The summed E-state index contributed by atoms with van der Waals surface area (Å²) in [4.78, 5) is 24.8. The van der Waals surface area contributed by atoms with Crippen LogP contribution in [-0.2, 0) is 9.53 Å². The molecule has 0 saturated carbocycles. The van der Waals surface area contributed by atoms with Gasteiger partial charge in [-0.25, -0.2) is 22.5 Å². The number of carbonyl (C=O) groups is 1. The second kappa shape index (κ2) is 12.1. The Labute approximate surface area is 230 Å². The van der Waals surface area contributed by atoms with E-state index in [4.69, 9.17) is 4.74 Å². The number of hydrogen-bond donors (Lipinski definition) is 5. The molecule has 218 valence electrons. The van der Waals surface area contributed by atoms with Crippen molar-refractivity contribution in [3.8, 4) is 11.3 Å². The van der Waals surface area contributed by atoms with E-state index in [1.165, 1.54) is 10.9 Å². The highest BCUT2D eigenvalue weighted by Crippen LogP contribution is 2.40. The SMILES string of the molecule is CCC(=O)Nc1[nH]n(C(CC)S[C@@H]2O[C@H](CO)[C@H](O)[C@H](n3cc(-c4cc(F)c(F)c(F)c4)nn3)[C@H]2O)c(=O)c1C. The number of anilines is 1. The first kappa shape index (κ1) is 29.8. The molecule has 1 saturated heterocycles. The number of H-pyrrole nitrogens is 1. The number of nitrogens with zero attached hydrogens (tertiary/aromatic N) is 4. The van der Waals surface area contributed by atoms with Crippen LogP contribution in [0.15, 0.2) is 23.1 Å². The maximum absolute atomic E-state index is 13.7. The molecule has 0 radical (unpaired) electrons. The summed E-state index contributed by atoms with van der Waals surface area (Å²) in [5, 5.41) is 44.6. The van der Waals surface area contributed by atoms with E-state index in [0.29, 0.717) is 6.42 Å². The monoisotopic (exact) mass is 586 g/mol. The largest absolute Gasteiger partial charge is 0.394 e. The van der Waals surface area contributed by atoms with Gasteiger partial charge in [0, 0.05) is 12.0 Å². The normalized spacial score (nSPS) is 23.8. The molecule has 1 aliphatic heterocycles. The van der Waals surface area contributed by atoms with Crippen LogP contribution in [0, 0.1) is 24.4 Å². The van der Waals surface area contributed by atoms with Crippen LogP contribution in [0.1, 0.15) is 43.7 Å². The van der Waals surface area contributed by atoms with Gasteiger partial charge in [0.05, 0.1) is 18.4 Å². The summed E-state index contributed by atoms with van der Waals surface area (Å²) in [6.07, 6.45) is -2.30. The quantitative estimate of drug-likeness (QED) is 0.235. The Bertz CT molecular complexity index is 1410. The molecule has 6 atom stereocenters. The number of aliphatic hydroxyl groups is 3. The van der Waals surface area contributed by atoms with E-state index in [1.807, 2.05) is 0 Å². The van der Waals surface area contributed by atoms with E-state index in [0.717, 1.165) is 28.6 Å². The second-order valence-electron chi connectivity index (χ2n) is 9.22. The molecule has 1 unspecified atom stereocenters. The fourth-order valence-corrected chi connectivity index (χ4v) is 5.64. The Kier molecular flexibility index (Phi) is 9.04. The van der Waals surface area contributed by atoms with Crippen molar-refractivity contribution in [2.75, 3.05) is 11.9 Å². The predicted octanol–water partition coefficient (Wildman–Crippen LogP) is 1.83. The molecule has 16 heteroatoms. The molecule has 1 aromatic carbocycles. The highest BCUT2D eigenvalue weighted by Gasteiger charge is 2.47. The third-order valence-electron chi connectivity index (χ3n) is 6.60. The number of benzene rings is 1. The molecule has 2 aromatic heterocycles. The van der Waals surface area contributed by atoms with Gasteiger partial charge in [0.25, 0.3) is 5.56 Å². The summed E-state index contributed by atoms with van der Waals surface area (Å²) in [6.45, 7) is 4.39. The molecule has 0 spiro atoms. The molecule has 3 heterocycles. The van der Waals surface area contributed by atoms with Crippen LogP contribution in [0.2, 0.25) is 0 Å². The summed E-state index contributed by atoms with van der Waals surface area (Å²) in [7, 11) is 0. The van der Waals surface area contributed by atoms with E-state index in [1.54, 1.807) is 20.8 Å². The molecule has 5 N–H and O–H groups in total. The van der Waals surface area contributed by atoms with E-state index < -0.39 is 64.8 Å². The molecular formula is C24H29F3N6O6S. The van der Waals surface area contributed by atoms with Crippen LogP contribution in [0.5, 0.6) is 0 Å². The highest BCUT2D eigenvalue weighted by molar-refractivity contribution is 7.99. The summed E-state index contributed by atoms with van der Waals surface area (Å²) in [6, 6.07) is 0.245. The van der Waals surface area contributed by atoms with Crippen molar-refractivity contribution in [2.45, 2.75) is 68.8 Å². The Morgan fingerprint density at radius 1 is 1.23 bits per heavy atom. The number of nitrogens with one attached hydrogen (secondary N) is 2. The van der Waals surface area contributed by atoms with E-state index in [2.05, 4.69) is 20.7 Å². The van der Waals surface area contributed by atoms with Gasteiger partial charge in [0.1, 0.15) is 46.7 Å². The predicted molar refractivity (Wildman–Crippen MR) is 138 cm³/mol. The molecular weight excluding hydrogens is 557 g/mol. The lowest BCUT2D eigenvalue weighted by Gasteiger charge is -2.42. The van der Waals surface area contributed by atoms with Crippen LogP contribution in [-0.4, -0.2) is 76.4 Å². The molecule has 0 bridgehead atoms. The molecule has 0 aliphatic carbocycles. The lowest BCUT2D eigenvalue weighted by molar-refractivity contribution is -0.178. The number of amides is 1. The Morgan fingerprint density at radius 3 is 2.50 bits per heavy atom. The van der Waals surface area contributed by atoms with Gasteiger partial charge in [-0.05, 0) is 25.5 Å². The van der Waals surface area contributed by atoms with Gasteiger partial charge >= 0.3 is 0 Å². The van der Waals surface area contributed by atoms with Gasteiger partial charge in [-0.2, -0.15) is 0 Å². The number of rotatable bonds is 9. The van der Waals surface area contributed by atoms with E-state index in [-0.39, 0.29) is 35.0 Å². The van der Waals surface area contributed by atoms with Gasteiger partial charge in [-0.3, -0.25) is 14.7 Å². The number of hydrogen-bond acceptors (Lipinski definition) is 9. The molecule has 1 aliphatic rings. The van der Waals surface area contributed by atoms with Crippen molar-refractivity contribution >= 4 is 23.5 Å². The molecule has 4 rings (SSSR count). The van der Waals surface area contributed by atoms with Gasteiger partial charge in [0.15, 0.2) is 17.5 Å². The minimum atomic E-state index is -1.64. The lowest BCUT2D eigenvalue weighted by Crippen LogP contribution is -2.55. The van der Waals surface area contributed by atoms with Crippen LogP contribution in [0.4, 0.5) is 19.0 Å². The van der Waals surface area contributed by atoms with Crippen molar-refractivity contribution in [3.63, 3.8) is 0 Å². The first-order valence-electron chi connectivity index (χ1n) is 12.5. The van der Waals surface area contributed by atoms with Crippen LogP contribution in [0.25, 0.3) is 11.3 Å². The van der Waals surface area contributed by atoms with Crippen LogP contribution >= 0.6 is 11.8 Å². The number of carbonyl (C=O) groups excluding carboxylic acids is 1. The first-order chi connectivity index (χ1) is 19.0. The molecule has 40 heavy (non-hydrogen) atoms. The third-order valence-corrected chi connectivity index (χ3v) is 8.12. The summed E-state index contributed by atoms with van der Waals surface area (Å²) < 4.78 is 49.0. The zero-order valence-corrected chi connectivity index (χ0v) is 22.5. The van der Waals surface area contributed by atoms with Crippen molar-refractivity contribution < 1.29 is 38.0 Å². The fourth-order valence-electron chi connectivity index (χ4n) is 4.34. The first-order valence-corrected chi connectivity index (χ1v) is 13.4. The third kappa shape index (κ3) is 5.67. The average Bonchev–Trinajstić information content (AvgIpc) is 3.52. The van der Waals surface area contributed by atoms with Crippen LogP contribution < -0.4 is 10.9 Å². The van der Waals surface area contributed by atoms with E-state index in [9.17, 15) is 38.1 Å². The minimum Gasteiger partial charge on any atom is -0.394 e. The number of halogens is 3. The van der Waals surface area contributed by atoms with Crippen molar-refractivity contribution in [3.05, 3.63) is 51.7 Å². The topological polar surface area (TPSA) is 168 Å². The molecule has 3 aromatic rings. The highest BCUT2D eigenvalue weighted by atomic mass is 32.2. The Morgan fingerprint density at radius 2 is 1.90 bits per heavy atom. The molecule has 12 nitrogen and oxygen atoms in total. The number of aromatic amines is 1. The minimum absolute atomic E-state index is 0.0602. The Balaban J connectivity index is 1.62. The fraction of sp³-hybridized carbons (Fsp3) is 0.500. The maximum atomic E-state index is 13.7. The standard InChI is InChI=1S/C24H29F3N6O6S/c1-4-16(35)28-22-10(3)23(38)33(30-22)17(5-2)40-24-21(37)19(20(36)15(9-34)39-24)32-8-14(29-31-32)11-6-12(25)18(27)13(26)7-11/h6-8,15,17,19-21,24,30,34,36-37H,4-5,9H2,1-3H3,(H,28,35)/t15-,17?,19+,20+,21-,24+/m1/s1. The number of thioether (sulfide) groups is 1. The van der Waals surface area contributed by atoms with Crippen molar-refractivity contribution in [1.82, 2.24) is 24.8 Å². The van der Waals surface area contributed by atoms with Gasteiger partial charge in [-0.1, -0.05) is 19.1 Å². The number of aromatic nitrogens is 5. The van der Waals surface area contributed by atoms with Gasteiger partial charge in [0.2, 0.25) is 5.91 Å². The van der Waals surface area contributed by atoms with Gasteiger partial charge < -0.3 is 25.4 Å². The van der Waals surface area contributed by atoms with Crippen LogP contribution in [0.3, 0.4) is 0 Å². The second-order valence-corrected chi connectivity index (χ2v) is 10.5. The molecule has 1 amide bonds. The van der Waals surface area contributed by atoms with Crippen molar-refractivity contribution in [2.24, 2.45) is 0 Å². The smallest absolute Gasteiger partial charge is 0.272 e. The summed E-state index contributed by atoms with van der Waals surface area (Å²) >= 11 is 1.04. The number of ether oxygens (including phenoxy) is 1. The Hall–Kier alpha value is -3.18. The van der Waals surface area contributed by atoms with Gasteiger partial charge in [-0.15, -0.1) is 16.9 Å². The van der Waals surface area contributed by atoms with Crippen molar-refractivity contribution in [1.29, 1.82) is 0 Å². The van der Waals surface area contributed by atoms with E-state index >= 15 is 0 Å². The summed E-state index contributed by atoms with van der Waals surface area (Å²) in [5.74, 6) is -4.54. The zero-order valence-electron chi connectivity index (χ0n) is 21.7. The zero-order chi connectivity index (χ0) is 29.3.